The van der Waals surface area contributed by atoms with Crippen molar-refractivity contribution in [2.45, 2.75) is 0 Å². The molecule has 0 fully saturated rings. The van der Waals surface area contributed by atoms with Crippen LogP contribution in [0.5, 0.6) is 0 Å². The van der Waals surface area contributed by atoms with Crippen molar-refractivity contribution in [2.24, 2.45) is 0 Å². The molecule has 1 nitrogen and oxygen atoms in total. The first-order valence-corrected chi connectivity index (χ1v) is 23.7. The number of hydrogen-bond donors (Lipinski definition) is 0. The summed E-state index contributed by atoms with van der Waals surface area (Å²) < 4.78 is 0. The zero-order chi connectivity index (χ0) is 45.9. The number of benzene rings is 12. The molecule has 12 aromatic rings. The van der Waals surface area contributed by atoms with Gasteiger partial charge in [0.2, 0.25) is 0 Å². The lowest BCUT2D eigenvalue weighted by atomic mass is 9.84. The van der Waals surface area contributed by atoms with Gasteiger partial charge in [-0.2, -0.15) is 0 Å². The first-order chi connectivity index (χ1) is 34.2. The van der Waals surface area contributed by atoms with Gasteiger partial charge in [-0.05, 0) is 142 Å². The molecule has 12 aromatic carbocycles. The van der Waals surface area contributed by atoms with Gasteiger partial charge in [0.15, 0.2) is 0 Å². The van der Waals surface area contributed by atoms with Crippen LogP contribution in [-0.2, 0) is 0 Å². The number of fused-ring (bicyclic) bond motifs is 3. The van der Waals surface area contributed by atoms with Crippen molar-refractivity contribution in [1.29, 1.82) is 0 Å². The third kappa shape index (κ3) is 8.07. The number of hydrogen-bond acceptors (Lipinski definition) is 1. The molecule has 0 spiro atoms. The average molecular weight is 878 g/mol. The molecule has 0 amide bonds. The van der Waals surface area contributed by atoms with Crippen molar-refractivity contribution in [3.63, 3.8) is 0 Å². The van der Waals surface area contributed by atoms with Crippen LogP contribution in [0.15, 0.2) is 285 Å². The smallest absolute Gasteiger partial charge is 0.0468 e. The summed E-state index contributed by atoms with van der Waals surface area (Å²) >= 11 is 0. The number of nitrogens with zero attached hydrogens (tertiary/aromatic N) is 1. The molecular formula is C68H47N. The summed E-state index contributed by atoms with van der Waals surface area (Å²) in [7, 11) is 0. The van der Waals surface area contributed by atoms with Crippen molar-refractivity contribution in [3.05, 3.63) is 285 Å². The summed E-state index contributed by atoms with van der Waals surface area (Å²) in [5.74, 6) is 0. The SMILES string of the molecule is c1ccc(-c2ccc(-c3ccc(N(c4ccc(-c5ccc6c(-c7ccccc7)c(-c7ccccc7)c7ccccc7c6c5)cc4)c4ccc(-c5ccccc5)c(-c5ccccc5)c4)cc3)cc2)cc1. The molecule has 0 aliphatic carbocycles. The van der Waals surface area contributed by atoms with Crippen LogP contribution >= 0.6 is 0 Å². The molecule has 69 heavy (non-hydrogen) atoms. The van der Waals surface area contributed by atoms with Gasteiger partial charge in [-0.3, -0.25) is 0 Å². The van der Waals surface area contributed by atoms with Gasteiger partial charge in [-0.1, -0.05) is 243 Å². The topological polar surface area (TPSA) is 3.24 Å². The Labute approximate surface area is 404 Å². The van der Waals surface area contributed by atoms with Crippen LogP contribution in [0.4, 0.5) is 17.1 Å². The minimum Gasteiger partial charge on any atom is -0.310 e. The van der Waals surface area contributed by atoms with Crippen molar-refractivity contribution in [1.82, 2.24) is 0 Å². The van der Waals surface area contributed by atoms with E-state index in [0.29, 0.717) is 0 Å². The quantitative estimate of drug-likeness (QED) is 0.124. The van der Waals surface area contributed by atoms with E-state index in [9.17, 15) is 0 Å². The van der Waals surface area contributed by atoms with Crippen LogP contribution in [0.25, 0.3) is 99.4 Å². The minimum atomic E-state index is 1.08. The van der Waals surface area contributed by atoms with Gasteiger partial charge >= 0.3 is 0 Å². The molecule has 324 valence electrons. The van der Waals surface area contributed by atoms with E-state index in [1.54, 1.807) is 0 Å². The molecule has 0 aromatic heterocycles. The summed E-state index contributed by atoms with van der Waals surface area (Å²) in [6, 6.07) is 104. The summed E-state index contributed by atoms with van der Waals surface area (Å²) in [4.78, 5) is 2.39. The minimum absolute atomic E-state index is 1.08. The maximum absolute atomic E-state index is 2.39. The second kappa shape index (κ2) is 18.3. The fourth-order valence-electron chi connectivity index (χ4n) is 10.1. The van der Waals surface area contributed by atoms with Crippen LogP contribution in [0.1, 0.15) is 0 Å². The van der Waals surface area contributed by atoms with Crippen LogP contribution < -0.4 is 4.90 Å². The standard InChI is InChI=1S/C68H47N/c1-6-18-48(19-7-1)49-30-32-50(33-31-49)51-34-39-58(40-35-51)69(60-43-45-61(53-20-8-2-9-21-53)65(47-60)54-22-10-3-11-23-54)59-41-36-52(37-42-59)57-38-44-64-66(46-57)62-28-16-17-29-63(62)67(55-24-12-4-13-25-55)68(64)56-26-14-5-15-27-56/h1-47H. The molecule has 0 aliphatic heterocycles. The highest BCUT2D eigenvalue weighted by atomic mass is 15.1. The van der Waals surface area contributed by atoms with Gasteiger partial charge in [0.25, 0.3) is 0 Å². The van der Waals surface area contributed by atoms with Crippen LogP contribution in [0.3, 0.4) is 0 Å². The average Bonchev–Trinajstić information content (AvgIpc) is 3.44. The molecular weight excluding hydrogens is 831 g/mol. The lowest BCUT2D eigenvalue weighted by Gasteiger charge is -2.27. The van der Waals surface area contributed by atoms with E-state index in [4.69, 9.17) is 0 Å². The third-order valence-corrected chi connectivity index (χ3v) is 13.5. The van der Waals surface area contributed by atoms with Gasteiger partial charge in [-0.25, -0.2) is 0 Å². The Morgan fingerprint density at radius 3 is 1.00 bits per heavy atom. The van der Waals surface area contributed by atoms with Gasteiger partial charge in [-0.15, -0.1) is 0 Å². The summed E-state index contributed by atoms with van der Waals surface area (Å²) in [5.41, 5.74) is 20.1. The highest BCUT2D eigenvalue weighted by Gasteiger charge is 2.20. The fraction of sp³-hybridized carbons (Fsp3) is 0. The predicted molar refractivity (Wildman–Crippen MR) is 294 cm³/mol. The van der Waals surface area contributed by atoms with Crippen LogP contribution in [0.2, 0.25) is 0 Å². The third-order valence-electron chi connectivity index (χ3n) is 13.5. The Kier molecular flexibility index (Phi) is 11.0. The monoisotopic (exact) mass is 877 g/mol. The van der Waals surface area contributed by atoms with Gasteiger partial charge in [0.1, 0.15) is 0 Å². The van der Waals surface area contributed by atoms with Crippen molar-refractivity contribution >= 4 is 38.6 Å². The molecule has 0 bridgehead atoms. The molecule has 0 N–H and O–H groups in total. The Hall–Kier alpha value is -9.04. The molecule has 0 saturated heterocycles. The zero-order valence-corrected chi connectivity index (χ0v) is 38.1. The zero-order valence-electron chi connectivity index (χ0n) is 38.1. The Morgan fingerprint density at radius 1 is 0.174 bits per heavy atom. The van der Waals surface area contributed by atoms with E-state index in [2.05, 4.69) is 290 Å². The molecule has 0 atom stereocenters. The number of rotatable bonds is 10. The van der Waals surface area contributed by atoms with E-state index < -0.39 is 0 Å². The molecule has 0 heterocycles. The lowest BCUT2D eigenvalue weighted by molar-refractivity contribution is 1.28. The highest BCUT2D eigenvalue weighted by molar-refractivity contribution is 6.22. The van der Waals surface area contributed by atoms with E-state index in [1.807, 2.05) is 0 Å². The molecule has 12 rings (SSSR count). The Bertz CT molecular complexity index is 3700. The first kappa shape index (κ1) is 41.4. The van der Waals surface area contributed by atoms with E-state index in [1.165, 1.54) is 93.9 Å². The summed E-state index contributed by atoms with van der Waals surface area (Å²) in [6.07, 6.45) is 0. The van der Waals surface area contributed by atoms with Crippen LogP contribution in [-0.4, -0.2) is 0 Å². The van der Waals surface area contributed by atoms with Crippen molar-refractivity contribution in [2.75, 3.05) is 4.90 Å². The Balaban J connectivity index is 0.969. The van der Waals surface area contributed by atoms with E-state index >= 15 is 0 Å². The molecule has 0 radical (unpaired) electrons. The summed E-state index contributed by atoms with van der Waals surface area (Å²) in [5, 5.41) is 4.99. The molecule has 0 saturated carbocycles. The largest absolute Gasteiger partial charge is 0.310 e. The van der Waals surface area contributed by atoms with E-state index in [-0.39, 0.29) is 0 Å². The second-order valence-corrected chi connectivity index (χ2v) is 17.6. The molecule has 0 unspecified atom stereocenters. The van der Waals surface area contributed by atoms with Gasteiger partial charge < -0.3 is 4.90 Å². The first-order valence-electron chi connectivity index (χ1n) is 23.7. The fourth-order valence-corrected chi connectivity index (χ4v) is 10.1. The maximum atomic E-state index is 2.39. The normalized spacial score (nSPS) is 11.2. The van der Waals surface area contributed by atoms with E-state index in [0.717, 1.165) is 22.6 Å². The van der Waals surface area contributed by atoms with Gasteiger partial charge in [0, 0.05) is 17.1 Å². The van der Waals surface area contributed by atoms with Crippen molar-refractivity contribution in [3.8, 4) is 77.9 Å². The molecule has 1 heteroatoms. The molecule has 0 aliphatic rings. The highest BCUT2D eigenvalue weighted by Crippen LogP contribution is 2.46. The second-order valence-electron chi connectivity index (χ2n) is 17.6. The van der Waals surface area contributed by atoms with Gasteiger partial charge in [0.05, 0.1) is 0 Å². The predicted octanol–water partition coefficient (Wildman–Crippen LogP) is 19.1. The maximum Gasteiger partial charge on any atom is 0.0468 e. The number of anilines is 3. The van der Waals surface area contributed by atoms with Crippen LogP contribution in [0, 0.1) is 0 Å². The van der Waals surface area contributed by atoms with Crippen molar-refractivity contribution < 1.29 is 0 Å². The summed E-state index contributed by atoms with van der Waals surface area (Å²) in [6.45, 7) is 0. The Morgan fingerprint density at radius 2 is 0.507 bits per heavy atom. The lowest BCUT2D eigenvalue weighted by Crippen LogP contribution is -2.10.